The number of fused-ring (bicyclic) bond motifs is 1. The molecule has 1 amide bonds. The zero-order valence-corrected chi connectivity index (χ0v) is 12.0. The van der Waals surface area contributed by atoms with Gasteiger partial charge in [-0.3, -0.25) is 9.78 Å². The second-order valence-electron chi connectivity index (χ2n) is 3.98. The maximum atomic E-state index is 11.6. The van der Waals surface area contributed by atoms with Gasteiger partial charge in [-0.05, 0) is 13.0 Å². The number of pyridine rings is 1. The molecule has 1 aliphatic heterocycles. The molecule has 0 unspecified atom stereocenters. The van der Waals surface area contributed by atoms with Crippen molar-refractivity contribution in [2.45, 2.75) is 6.92 Å². The average Bonchev–Trinajstić information content (AvgIpc) is 2.94. The van der Waals surface area contributed by atoms with Crippen LogP contribution in [0.5, 0.6) is 0 Å². The lowest BCUT2D eigenvalue weighted by atomic mass is 10.2. The highest BCUT2D eigenvalue weighted by molar-refractivity contribution is 8.26. The highest BCUT2D eigenvalue weighted by Crippen LogP contribution is 2.28. The first-order valence-corrected chi connectivity index (χ1v) is 6.95. The highest BCUT2D eigenvalue weighted by atomic mass is 32.2. The third-order valence-electron chi connectivity index (χ3n) is 2.62. The highest BCUT2D eigenvalue weighted by Gasteiger charge is 2.22. The Morgan fingerprint density at radius 1 is 1.50 bits per heavy atom. The van der Waals surface area contributed by atoms with Crippen LogP contribution >= 0.6 is 24.0 Å². The second-order valence-corrected chi connectivity index (χ2v) is 5.70. The van der Waals surface area contributed by atoms with Gasteiger partial charge in [-0.25, -0.2) is 0 Å². The summed E-state index contributed by atoms with van der Waals surface area (Å²) in [4.78, 5) is 16.2. The molecule has 2 aromatic rings. The number of hydrogen-bond acceptors (Lipinski definition) is 5. The maximum absolute atomic E-state index is 11.6. The predicted molar refractivity (Wildman–Crippen MR) is 82.9 cm³/mol. The fourth-order valence-corrected chi connectivity index (χ4v) is 2.85. The fraction of sp³-hybridized carbons (Fsp3) is 0.0714. The van der Waals surface area contributed by atoms with E-state index in [1.807, 2.05) is 6.07 Å². The first kappa shape index (κ1) is 12.9. The molecule has 1 aliphatic rings. The summed E-state index contributed by atoms with van der Waals surface area (Å²) < 4.78 is 6.20. The normalized spacial score (nSPS) is 16.4. The monoisotopic (exact) mass is 300 g/mol. The Kier molecular flexibility index (Phi) is 3.30. The number of furan rings is 1. The molecule has 1 fully saturated rings. The average molecular weight is 300 g/mol. The minimum absolute atomic E-state index is 0.202. The maximum Gasteiger partial charge on any atom is 0.263 e. The summed E-state index contributed by atoms with van der Waals surface area (Å²) in [6, 6.07) is 1.82. The van der Waals surface area contributed by atoms with Gasteiger partial charge in [-0.15, -0.1) is 5.92 Å². The van der Waals surface area contributed by atoms with Gasteiger partial charge in [0, 0.05) is 23.9 Å². The van der Waals surface area contributed by atoms with Gasteiger partial charge in [0.25, 0.3) is 5.91 Å². The van der Waals surface area contributed by atoms with Crippen molar-refractivity contribution in [3.8, 4) is 11.8 Å². The lowest BCUT2D eigenvalue weighted by Crippen LogP contribution is -2.17. The molecular weight excluding hydrogens is 292 g/mol. The van der Waals surface area contributed by atoms with Crippen LogP contribution in [0.25, 0.3) is 17.0 Å². The summed E-state index contributed by atoms with van der Waals surface area (Å²) >= 11 is 6.16. The largest absolute Gasteiger partial charge is 0.455 e. The lowest BCUT2D eigenvalue weighted by Gasteiger charge is -1.91. The summed E-state index contributed by atoms with van der Waals surface area (Å²) in [6.07, 6.45) is 5.03. The Morgan fingerprint density at radius 2 is 2.35 bits per heavy atom. The molecule has 0 radical (unpaired) electrons. The van der Waals surface area contributed by atoms with Crippen molar-refractivity contribution in [2.75, 3.05) is 0 Å². The number of thioether (sulfide) groups is 1. The molecule has 4 nitrogen and oxygen atoms in total. The van der Waals surface area contributed by atoms with Gasteiger partial charge in [-0.2, -0.15) is 0 Å². The van der Waals surface area contributed by atoms with E-state index in [1.165, 1.54) is 11.8 Å². The van der Waals surface area contributed by atoms with Crippen LogP contribution in [0.4, 0.5) is 0 Å². The molecular formula is C14H8N2O2S2. The van der Waals surface area contributed by atoms with E-state index < -0.39 is 0 Å². The van der Waals surface area contributed by atoms with E-state index in [2.05, 4.69) is 22.1 Å². The van der Waals surface area contributed by atoms with Crippen LogP contribution in [0.3, 0.4) is 0 Å². The number of hydrogen-bond donors (Lipinski definition) is 1. The van der Waals surface area contributed by atoms with E-state index in [9.17, 15) is 4.79 Å². The molecule has 2 aromatic heterocycles. The van der Waals surface area contributed by atoms with Crippen molar-refractivity contribution in [2.24, 2.45) is 0 Å². The van der Waals surface area contributed by atoms with Crippen LogP contribution in [0.15, 0.2) is 27.8 Å². The van der Waals surface area contributed by atoms with E-state index in [-0.39, 0.29) is 5.91 Å². The SMILES string of the molecule is CC#Cc1cncc2cc(/C=C3/SC(=S)NC3=O)oc12. The van der Waals surface area contributed by atoms with Gasteiger partial charge >= 0.3 is 0 Å². The van der Waals surface area contributed by atoms with Crippen LogP contribution in [0.2, 0.25) is 0 Å². The van der Waals surface area contributed by atoms with Crippen molar-refractivity contribution in [1.82, 2.24) is 10.3 Å². The van der Waals surface area contributed by atoms with Gasteiger partial charge in [0.05, 0.1) is 10.5 Å². The summed E-state index contributed by atoms with van der Waals surface area (Å²) in [7, 11) is 0. The van der Waals surface area contributed by atoms with Crippen LogP contribution in [0, 0.1) is 11.8 Å². The van der Waals surface area contributed by atoms with E-state index in [0.717, 1.165) is 10.9 Å². The minimum atomic E-state index is -0.202. The first-order valence-electron chi connectivity index (χ1n) is 5.72. The van der Waals surface area contributed by atoms with Gasteiger partial charge in [0.1, 0.15) is 10.1 Å². The number of carbonyl (C=O) groups is 1. The van der Waals surface area contributed by atoms with Crippen molar-refractivity contribution in [3.63, 3.8) is 0 Å². The molecule has 0 aliphatic carbocycles. The quantitative estimate of drug-likeness (QED) is 0.498. The van der Waals surface area contributed by atoms with Crippen molar-refractivity contribution in [3.05, 3.63) is 34.7 Å². The van der Waals surface area contributed by atoms with Crippen molar-refractivity contribution >= 4 is 51.3 Å². The summed E-state index contributed by atoms with van der Waals surface area (Å²) in [5.74, 6) is 6.14. The van der Waals surface area contributed by atoms with E-state index in [1.54, 1.807) is 25.4 Å². The zero-order valence-electron chi connectivity index (χ0n) is 10.4. The van der Waals surface area contributed by atoms with Crippen molar-refractivity contribution < 1.29 is 9.21 Å². The van der Waals surface area contributed by atoms with Gasteiger partial charge in [-0.1, -0.05) is 29.9 Å². The van der Waals surface area contributed by atoms with Crippen LogP contribution in [-0.2, 0) is 4.79 Å². The fourth-order valence-electron chi connectivity index (χ4n) is 1.83. The molecule has 1 saturated heterocycles. The van der Waals surface area contributed by atoms with Gasteiger partial charge in [0.2, 0.25) is 0 Å². The van der Waals surface area contributed by atoms with E-state index >= 15 is 0 Å². The van der Waals surface area contributed by atoms with Crippen molar-refractivity contribution in [1.29, 1.82) is 0 Å². The summed E-state index contributed by atoms with van der Waals surface area (Å²) in [6.45, 7) is 1.76. The Labute approximate surface area is 124 Å². The molecule has 6 heteroatoms. The molecule has 0 spiro atoms. The molecule has 0 aromatic carbocycles. The summed E-state index contributed by atoms with van der Waals surface area (Å²) in [5, 5.41) is 3.41. The number of rotatable bonds is 1. The number of nitrogens with zero attached hydrogens (tertiary/aromatic N) is 1. The number of carbonyl (C=O) groups excluding carboxylic acids is 1. The smallest absolute Gasteiger partial charge is 0.263 e. The Bertz CT molecular complexity index is 825. The molecule has 3 heterocycles. The standard InChI is InChI=1S/C14H8N2O2S2/c1-2-3-8-6-15-7-9-4-10(18-12(8)9)5-11-13(17)16-14(19)20-11/h4-7H,1H3,(H,16,17,19)/b11-5+. The van der Waals surface area contributed by atoms with Gasteiger partial charge in [0.15, 0.2) is 5.58 Å². The Hall–Kier alpha value is -2.10. The Morgan fingerprint density at radius 3 is 3.05 bits per heavy atom. The number of aromatic nitrogens is 1. The minimum Gasteiger partial charge on any atom is -0.455 e. The van der Waals surface area contributed by atoms with E-state index in [4.69, 9.17) is 16.6 Å². The molecule has 0 saturated carbocycles. The number of nitrogens with one attached hydrogen (secondary N) is 1. The summed E-state index contributed by atoms with van der Waals surface area (Å²) in [5.41, 5.74) is 1.40. The van der Waals surface area contributed by atoms with Crippen LogP contribution in [0.1, 0.15) is 18.2 Å². The Balaban J connectivity index is 2.07. The zero-order chi connectivity index (χ0) is 14.1. The predicted octanol–water partition coefficient (Wildman–Crippen LogP) is 2.69. The molecule has 98 valence electrons. The molecule has 0 bridgehead atoms. The molecule has 3 rings (SSSR count). The second kappa shape index (κ2) is 5.12. The van der Waals surface area contributed by atoms with Gasteiger partial charge < -0.3 is 9.73 Å². The van der Waals surface area contributed by atoms with Crippen LogP contribution in [-0.4, -0.2) is 15.2 Å². The third kappa shape index (κ3) is 2.33. The van der Waals surface area contributed by atoms with E-state index in [0.29, 0.717) is 20.6 Å². The topological polar surface area (TPSA) is 55.1 Å². The third-order valence-corrected chi connectivity index (χ3v) is 3.78. The first-order chi connectivity index (χ1) is 9.67. The molecule has 0 atom stereocenters. The number of thiocarbonyl (C=S) groups is 1. The molecule has 20 heavy (non-hydrogen) atoms. The molecule has 1 N–H and O–H groups in total. The number of amides is 1. The lowest BCUT2D eigenvalue weighted by molar-refractivity contribution is -0.115. The van der Waals surface area contributed by atoms with Crippen LogP contribution < -0.4 is 5.32 Å².